The van der Waals surface area contributed by atoms with E-state index in [1.165, 1.54) is 12.1 Å². The fraction of sp³-hybridized carbons (Fsp3) is 0.182. The lowest BCUT2D eigenvalue weighted by molar-refractivity contribution is 0.627. The maximum Gasteiger partial charge on any atom is 0.126 e. The molecule has 2 nitrogen and oxygen atoms in total. The Bertz CT molecular complexity index is 366. The third-order valence-electron chi connectivity index (χ3n) is 1.70. The lowest BCUT2D eigenvalue weighted by atomic mass is 10.2. The van der Waals surface area contributed by atoms with Crippen LogP contribution in [0.1, 0.15) is 12.0 Å². The van der Waals surface area contributed by atoms with E-state index in [9.17, 15) is 4.39 Å². The smallest absolute Gasteiger partial charge is 0.126 e. The molecule has 3 heteroatoms. The highest BCUT2D eigenvalue weighted by molar-refractivity contribution is 5.49. The van der Waals surface area contributed by atoms with E-state index >= 15 is 0 Å². The summed E-state index contributed by atoms with van der Waals surface area (Å²) in [7, 11) is 0. The van der Waals surface area contributed by atoms with Crippen LogP contribution in [0.2, 0.25) is 0 Å². The summed E-state index contributed by atoms with van der Waals surface area (Å²) in [5, 5.41) is 11.6. The predicted octanol–water partition coefficient (Wildman–Crippen LogP) is 2.69. The van der Waals surface area contributed by atoms with Gasteiger partial charge in [0, 0.05) is 12.2 Å². The Labute approximate surface area is 82.7 Å². The molecular weight excluding hydrogens is 179 g/mol. The van der Waals surface area contributed by atoms with E-state index in [0.717, 1.165) is 6.42 Å². The Morgan fingerprint density at radius 1 is 1.50 bits per heavy atom. The molecule has 0 aliphatic carbocycles. The number of hydrogen-bond acceptors (Lipinski definition) is 2. The number of nitrogens with one attached hydrogen (secondary N) is 1. The normalized spacial score (nSPS) is 9.14. The van der Waals surface area contributed by atoms with Crippen LogP contribution in [0.4, 0.5) is 10.1 Å². The first-order valence-electron chi connectivity index (χ1n) is 4.31. The average Bonchev–Trinajstić information content (AvgIpc) is 2.17. The molecular formula is C11H11FN2. The van der Waals surface area contributed by atoms with Gasteiger partial charge in [-0.1, -0.05) is 6.08 Å². The number of hydrogen-bond donors (Lipinski definition) is 1. The van der Waals surface area contributed by atoms with Gasteiger partial charge >= 0.3 is 0 Å². The number of anilines is 1. The van der Waals surface area contributed by atoms with Gasteiger partial charge in [0.1, 0.15) is 5.82 Å². The molecule has 1 aromatic rings. The molecule has 72 valence electrons. The minimum absolute atomic E-state index is 0.325. The molecule has 1 aromatic carbocycles. The summed E-state index contributed by atoms with van der Waals surface area (Å²) in [5.41, 5.74) is 0.953. The lowest BCUT2D eigenvalue weighted by Gasteiger charge is -2.04. The van der Waals surface area contributed by atoms with Crippen LogP contribution in [-0.4, -0.2) is 6.54 Å². The largest absolute Gasteiger partial charge is 0.385 e. The van der Waals surface area contributed by atoms with Crippen molar-refractivity contribution < 1.29 is 4.39 Å². The van der Waals surface area contributed by atoms with Crippen LogP contribution in [-0.2, 0) is 0 Å². The highest BCUT2D eigenvalue weighted by atomic mass is 19.1. The zero-order valence-electron chi connectivity index (χ0n) is 7.76. The Morgan fingerprint density at radius 2 is 2.29 bits per heavy atom. The first-order chi connectivity index (χ1) is 6.76. The Kier molecular flexibility index (Phi) is 3.69. The Morgan fingerprint density at radius 3 is 2.93 bits per heavy atom. The van der Waals surface area contributed by atoms with Crippen molar-refractivity contribution in [1.29, 1.82) is 5.26 Å². The molecule has 0 bridgehead atoms. The Hall–Kier alpha value is -1.82. The standard InChI is InChI=1S/C11H11FN2/c1-2-3-4-14-11-6-9(8-13)5-10(12)7-11/h2,5-7,14H,1,3-4H2. The minimum atomic E-state index is -0.398. The first kappa shape index (κ1) is 10.3. The van der Waals surface area contributed by atoms with Gasteiger partial charge < -0.3 is 5.32 Å². The number of nitrogens with zero attached hydrogens (tertiary/aromatic N) is 1. The third-order valence-corrected chi connectivity index (χ3v) is 1.70. The van der Waals surface area contributed by atoms with E-state index in [4.69, 9.17) is 5.26 Å². The zero-order chi connectivity index (χ0) is 10.4. The molecule has 0 aliphatic rings. The van der Waals surface area contributed by atoms with Crippen molar-refractivity contribution >= 4 is 5.69 Å². The molecule has 0 radical (unpaired) electrons. The third kappa shape index (κ3) is 2.91. The topological polar surface area (TPSA) is 35.8 Å². The fourth-order valence-electron chi connectivity index (χ4n) is 1.07. The van der Waals surface area contributed by atoms with Gasteiger partial charge in [0.15, 0.2) is 0 Å². The van der Waals surface area contributed by atoms with Crippen LogP contribution < -0.4 is 5.32 Å². The van der Waals surface area contributed by atoms with E-state index in [2.05, 4.69) is 11.9 Å². The highest BCUT2D eigenvalue weighted by Gasteiger charge is 1.98. The van der Waals surface area contributed by atoms with E-state index in [0.29, 0.717) is 17.8 Å². The molecule has 0 saturated carbocycles. The molecule has 0 atom stereocenters. The molecule has 0 amide bonds. The van der Waals surface area contributed by atoms with Gasteiger partial charge in [-0.15, -0.1) is 6.58 Å². The van der Waals surface area contributed by atoms with Crippen molar-refractivity contribution in [3.8, 4) is 6.07 Å². The summed E-state index contributed by atoms with van der Waals surface area (Å²) in [6, 6.07) is 6.09. The van der Waals surface area contributed by atoms with Crippen LogP contribution in [0, 0.1) is 17.1 Å². The van der Waals surface area contributed by atoms with E-state index in [1.54, 1.807) is 12.1 Å². The lowest BCUT2D eigenvalue weighted by Crippen LogP contribution is -2.00. The van der Waals surface area contributed by atoms with Crippen molar-refractivity contribution in [3.63, 3.8) is 0 Å². The van der Waals surface area contributed by atoms with Crippen molar-refractivity contribution in [1.82, 2.24) is 0 Å². The van der Waals surface area contributed by atoms with Gasteiger partial charge in [-0.3, -0.25) is 0 Å². The second kappa shape index (κ2) is 5.03. The molecule has 0 unspecified atom stereocenters. The Balaban J connectivity index is 2.72. The van der Waals surface area contributed by atoms with Crippen molar-refractivity contribution in [2.75, 3.05) is 11.9 Å². The summed E-state index contributed by atoms with van der Waals surface area (Å²) < 4.78 is 12.9. The molecule has 0 spiro atoms. The second-order valence-electron chi connectivity index (χ2n) is 2.84. The van der Waals surface area contributed by atoms with Gasteiger partial charge in [-0.2, -0.15) is 5.26 Å². The molecule has 0 heterocycles. The predicted molar refractivity (Wildman–Crippen MR) is 54.4 cm³/mol. The maximum atomic E-state index is 12.9. The summed E-state index contributed by atoms with van der Waals surface area (Å²) in [4.78, 5) is 0. The maximum absolute atomic E-state index is 12.9. The van der Waals surface area contributed by atoms with Crippen LogP contribution in [0.25, 0.3) is 0 Å². The van der Waals surface area contributed by atoms with E-state index in [1.807, 2.05) is 6.07 Å². The molecule has 0 aromatic heterocycles. The molecule has 0 aliphatic heterocycles. The van der Waals surface area contributed by atoms with Crippen molar-refractivity contribution in [3.05, 3.63) is 42.2 Å². The van der Waals surface area contributed by atoms with Crippen molar-refractivity contribution in [2.24, 2.45) is 0 Å². The molecule has 0 saturated heterocycles. The van der Waals surface area contributed by atoms with Gasteiger partial charge in [0.25, 0.3) is 0 Å². The van der Waals surface area contributed by atoms with E-state index in [-0.39, 0.29) is 0 Å². The summed E-state index contributed by atoms with van der Waals surface area (Å²) in [6.45, 7) is 4.27. The van der Waals surface area contributed by atoms with Crippen LogP contribution in [0.15, 0.2) is 30.9 Å². The van der Waals surface area contributed by atoms with Crippen LogP contribution in [0.3, 0.4) is 0 Å². The minimum Gasteiger partial charge on any atom is -0.385 e. The second-order valence-corrected chi connectivity index (χ2v) is 2.84. The molecule has 14 heavy (non-hydrogen) atoms. The number of benzene rings is 1. The average molecular weight is 190 g/mol. The van der Waals surface area contributed by atoms with Crippen molar-refractivity contribution in [2.45, 2.75) is 6.42 Å². The number of rotatable bonds is 4. The summed E-state index contributed by atoms with van der Waals surface area (Å²) >= 11 is 0. The molecule has 0 fully saturated rings. The van der Waals surface area contributed by atoms with Gasteiger partial charge in [0.2, 0.25) is 0 Å². The number of nitriles is 1. The fourth-order valence-corrected chi connectivity index (χ4v) is 1.07. The SMILES string of the molecule is C=CCCNc1cc(F)cc(C#N)c1. The summed E-state index contributed by atoms with van der Waals surface area (Å²) in [6.07, 6.45) is 2.58. The molecule has 1 N–H and O–H groups in total. The van der Waals surface area contributed by atoms with Gasteiger partial charge in [0.05, 0.1) is 11.6 Å². The quantitative estimate of drug-likeness (QED) is 0.585. The zero-order valence-corrected chi connectivity index (χ0v) is 7.76. The van der Waals surface area contributed by atoms with Crippen LogP contribution >= 0.6 is 0 Å². The van der Waals surface area contributed by atoms with Gasteiger partial charge in [-0.05, 0) is 24.6 Å². The number of halogens is 1. The van der Waals surface area contributed by atoms with E-state index < -0.39 is 5.82 Å². The summed E-state index contributed by atoms with van der Waals surface area (Å²) in [5.74, 6) is -0.398. The highest BCUT2D eigenvalue weighted by Crippen LogP contribution is 2.13. The molecule has 1 rings (SSSR count). The monoisotopic (exact) mass is 190 g/mol. The first-order valence-corrected chi connectivity index (χ1v) is 4.31. The van der Waals surface area contributed by atoms with Gasteiger partial charge in [-0.25, -0.2) is 4.39 Å². The van der Waals surface area contributed by atoms with Crippen LogP contribution in [0.5, 0.6) is 0 Å².